The molecule has 0 radical (unpaired) electrons. The monoisotopic (exact) mass is 286 g/mol. The van der Waals surface area contributed by atoms with Gasteiger partial charge in [-0.05, 0) is 6.42 Å². The zero-order valence-electron chi connectivity index (χ0n) is 10.7. The van der Waals surface area contributed by atoms with Gasteiger partial charge in [0.1, 0.15) is 0 Å². The lowest BCUT2D eigenvalue weighted by Gasteiger charge is -2.11. The molecule has 0 saturated heterocycles. The number of hydrogen-bond acceptors (Lipinski definition) is 1. The van der Waals surface area contributed by atoms with Crippen molar-refractivity contribution < 1.29 is 4.79 Å². The summed E-state index contributed by atoms with van der Waals surface area (Å²) in [5, 5.41) is 2.83. The third-order valence-electron chi connectivity index (χ3n) is 1.71. The first-order chi connectivity index (χ1) is 7.41. The highest BCUT2D eigenvalue weighted by molar-refractivity contribution is 6.60. The van der Waals surface area contributed by atoms with Gasteiger partial charge in [-0.25, -0.2) is 4.79 Å². The molecular formula is C10H24Cl2N2OSi. The Morgan fingerprint density at radius 1 is 1.31 bits per heavy atom. The van der Waals surface area contributed by atoms with Gasteiger partial charge in [0.05, 0.1) is 4.46 Å². The van der Waals surface area contributed by atoms with E-state index in [-0.39, 0.29) is 10.5 Å². The molecule has 0 spiro atoms. The van der Waals surface area contributed by atoms with E-state index in [2.05, 4.69) is 12.2 Å². The highest BCUT2D eigenvalue weighted by Gasteiger charge is 1.99. The predicted octanol–water partition coefficient (Wildman–Crippen LogP) is 1.95. The van der Waals surface area contributed by atoms with Crippen molar-refractivity contribution in [2.75, 3.05) is 20.6 Å². The molecule has 6 heteroatoms. The Hall–Kier alpha value is 0.0669. The molecule has 0 unspecified atom stereocenters. The van der Waals surface area contributed by atoms with E-state index in [1.807, 2.05) is 0 Å². The maximum Gasteiger partial charge on any atom is 0.316 e. The number of alkyl halides is 2. The van der Waals surface area contributed by atoms with Gasteiger partial charge in [0.15, 0.2) is 0 Å². The molecule has 1 N–H and O–H groups in total. The molecule has 0 aliphatic heterocycles. The molecule has 0 aliphatic carbocycles. The van der Waals surface area contributed by atoms with Gasteiger partial charge >= 0.3 is 6.03 Å². The summed E-state index contributed by atoms with van der Waals surface area (Å²) in [5.41, 5.74) is 0. The zero-order chi connectivity index (χ0) is 13.0. The Bertz CT molecular complexity index is 166. The number of rotatable bonds is 5. The standard InChI is InChI=1S/C9H20N2O.CH4Cl2Si/c1-4-5-6-7-8-10-9(12)11(2)3;2-1(3)4/h4-8H2,1-3H3,(H,10,12);1H,4H3. The van der Waals surface area contributed by atoms with Gasteiger partial charge in [-0.2, -0.15) is 0 Å². The molecule has 0 rings (SSSR count). The molecule has 0 aliphatic rings. The number of carbonyl (C=O) groups is 1. The molecular weight excluding hydrogens is 263 g/mol. The largest absolute Gasteiger partial charge is 0.338 e. The van der Waals surface area contributed by atoms with Crippen LogP contribution < -0.4 is 5.32 Å². The molecule has 0 aromatic heterocycles. The van der Waals surface area contributed by atoms with Crippen molar-refractivity contribution in [3.8, 4) is 0 Å². The summed E-state index contributed by atoms with van der Waals surface area (Å²) in [6, 6.07) is 0.00602. The second kappa shape index (κ2) is 13.1. The molecule has 0 saturated carbocycles. The van der Waals surface area contributed by atoms with Gasteiger partial charge in [-0.1, -0.05) is 26.2 Å². The van der Waals surface area contributed by atoms with Crippen molar-refractivity contribution in [1.29, 1.82) is 0 Å². The summed E-state index contributed by atoms with van der Waals surface area (Å²) in [7, 11) is 4.38. The van der Waals surface area contributed by atoms with Crippen LogP contribution in [0.1, 0.15) is 32.6 Å². The van der Waals surface area contributed by atoms with Gasteiger partial charge in [0.2, 0.25) is 0 Å². The highest BCUT2D eigenvalue weighted by atomic mass is 35.5. The fraction of sp³-hybridized carbons (Fsp3) is 0.900. The number of unbranched alkanes of at least 4 members (excludes halogenated alkanes) is 3. The van der Waals surface area contributed by atoms with Crippen molar-refractivity contribution in [1.82, 2.24) is 10.2 Å². The van der Waals surface area contributed by atoms with E-state index in [0.717, 1.165) is 23.2 Å². The van der Waals surface area contributed by atoms with Crippen LogP contribution in [0.3, 0.4) is 0 Å². The SMILES string of the molecule is CCCCCCNC(=O)N(C)C.[SiH3]C(Cl)Cl. The van der Waals surface area contributed by atoms with Crippen LogP contribution in [0.15, 0.2) is 0 Å². The first-order valence-corrected chi connectivity index (χ1v) is 7.67. The molecule has 0 fully saturated rings. The molecule has 0 aromatic rings. The molecule has 0 atom stereocenters. The number of nitrogens with zero attached hydrogens (tertiary/aromatic N) is 1. The Morgan fingerprint density at radius 2 is 1.81 bits per heavy atom. The van der Waals surface area contributed by atoms with Crippen LogP contribution in [0.5, 0.6) is 0 Å². The van der Waals surface area contributed by atoms with Crippen LogP contribution in [0.4, 0.5) is 4.79 Å². The second-order valence-corrected chi connectivity index (χ2v) is 7.86. The number of carbonyl (C=O) groups excluding carboxylic acids is 1. The molecule has 0 heterocycles. The second-order valence-electron chi connectivity index (χ2n) is 3.71. The van der Waals surface area contributed by atoms with Crippen LogP contribution in [0.2, 0.25) is 0 Å². The topological polar surface area (TPSA) is 32.3 Å². The zero-order valence-corrected chi connectivity index (χ0v) is 14.2. The average Bonchev–Trinajstić information content (AvgIpc) is 2.16. The van der Waals surface area contributed by atoms with Crippen LogP contribution in [0, 0.1) is 0 Å². The van der Waals surface area contributed by atoms with Crippen LogP contribution in [-0.4, -0.2) is 46.3 Å². The van der Waals surface area contributed by atoms with Crippen molar-refractivity contribution >= 4 is 39.5 Å². The Balaban J connectivity index is 0. The molecule has 98 valence electrons. The summed E-state index contributed by atoms with van der Waals surface area (Å²) < 4.78 is -0.0833. The quantitative estimate of drug-likeness (QED) is 0.468. The van der Waals surface area contributed by atoms with Gasteiger partial charge in [-0.15, -0.1) is 23.2 Å². The van der Waals surface area contributed by atoms with E-state index in [0.29, 0.717) is 0 Å². The fourth-order valence-electron chi connectivity index (χ4n) is 0.905. The lowest BCUT2D eigenvalue weighted by Crippen LogP contribution is -2.34. The van der Waals surface area contributed by atoms with E-state index in [1.165, 1.54) is 19.3 Å². The Morgan fingerprint density at radius 3 is 2.19 bits per heavy atom. The van der Waals surface area contributed by atoms with Crippen LogP contribution >= 0.6 is 23.2 Å². The van der Waals surface area contributed by atoms with E-state index in [4.69, 9.17) is 23.2 Å². The molecule has 16 heavy (non-hydrogen) atoms. The number of hydrogen-bond donors (Lipinski definition) is 1. The molecule has 0 bridgehead atoms. The lowest BCUT2D eigenvalue weighted by atomic mass is 10.2. The van der Waals surface area contributed by atoms with E-state index < -0.39 is 0 Å². The molecule has 2 amide bonds. The Labute approximate surface area is 112 Å². The summed E-state index contributed by atoms with van der Waals surface area (Å²) in [6.45, 7) is 2.98. The van der Waals surface area contributed by atoms with Gasteiger partial charge in [-0.3, -0.25) is 0 Å². The third kappa shape index (κ3) is 19.6. The average molecular weight is 287 g/mol. The Kier molecular flexibility index (Phi) is 15.1. The van der Waals surface area contributed by atoms with Gasteiger partial charge < -0.3 is 10.2 Å². The fourth-order valence-corrected chi connectivity index (χ4v) is 0.905. The van der Waals surface area contributed by atoms with E-state index in [1.54, 1.807) is 19.0 Å². The third-order valence-corrected chi connectivity index (χ3v) is 1.71. The minimum absolute atomic E-state index is 0.00602. The minimum Gasteiger partial charge on any atom is -0.338 e. The van der Waals surface area contributed by atoms with Crippen LogP contribution in [0.25, 0.3) is 0 Å². The van der Waals surface area contributed by atoms with Crippen molar-refractivity contribution in [2.45, 2.75) is 37.1 Å². The minimum atomic E-state index is -0.0833. The number of amides is 2. The summed E-state index contributed by atoms with van der Waals surface area (Å²) in [4.78, 5) is 12.5. The summed E-state index contributed by atoms with van der Waals surface area (Å²) in [6.07, 6.45) is 4.80. The van der Waals surface area contributed by atoms with Gasteiger partial charge in [0.25, 0.3) is 0 Å². The summed E-state index contributed by atoms with van der Waals surface area (Å²) in [5.74, 6) is 0. The smallest absolute Gasteiger partial charge is 0.316 e. The normalized spacial score (nSPS) is 9.62. The number of halogens is 2. The van der Waals surface area contributed by atoms with Crippen LogP contribution in [-0.2, 0) is 0 Å². The number of urea groups is 1. The first kappa shape index (κ1) is 18.4. The molecule has 3 nitrogen and oxygen atoms in total. The van der Waals surface area contributed by atoms with E-state index in [9.17, 15) is 4.79 Å². The predicted molar refractivity (Wildman–Crippen MR) is 76.7 cm³/mol. The lowest BCUT2D eigenvalue weighted by molar-refractivity contribution is 0.217. The maximum atomic E-state index is 11.0. The summed E-state index contributed by atoms with van der Waals surface area (Å²) >= 11 is 10.2. The first-order valence-electron chi connectivity index (χ1n) is 5.65. The highest BCUT2D eigenvalue weighted by Crippen LogP contribution is 1.96. The molecule has 0 aromatic carbocycles. The van der Waals surface area contributed by atoms with Crippen molar-refractivity contribution in [3.05, 3.63) is 0 Å². The van der Waals surface area contributed by atoms with Crippen molar-refractivity contribution in [2.24, 2.45) is 0 Å². The van der Waals surface area contributed by atoms with Crippen molar-refractivity contribution in [3.63, 3.8) is 0 Å². The number of nitrogens with one attached hydrogen (secondary N) is 1. The maximum absolute atomic E-state index is 11.0. The van der Waals surface area contributed by atoms with Gasteiger partial charge in [0, 0.05) is 30.9 Å². The van der Waals surface area contributed by atoms with E-state index >= 15 is 0 Å².